The summed E-state index contributed by atoms with van der Waals surface area (Å²) in [7, 11) is -3.11. The van der Waals surface area contributed by atoms with Crippen molar-refractivity contribution in [3.8, 4) is 0 Å². The van der Waals surface area contributed by atoms with Gasteiger partial charge in [-0.2, -0.15) is 0 Å². The molecule has 0 radical (unpaired) electrons. The number of rotatable bonds is 4. The average molecular weight is 303 g/mol. The van der Waals surface area contributed by atoms with Crippen LogP contribution < -0.4 is 0 Å². The molecule has 1 aromatic rings. The molecule has 0 N–H and O–H groups in total. The minimum atomic E-state index is -3.11. The van der Waals surface area contributed by atoms with Gasteiger partial charge >= 0.3 is 0 Å². The maximum absolute atomic E-state index is 12.1. The van der Waals surface area contributed by atoms with E-state index < -0.39 is 9.84 Å². The summed E-state index contributed by atoms with van der Waals surface area (Å²) in [5.41, 5.74) is 1.09. The molecule has 0 atom stereocenters. The van der Waals surface area contributed by atoms with E-state index >= 15 is 0 Å². The lowest BCUT2D eigenvalue weighted by Gasteiger charge is -2.12. The van der Waals surface area contributed by atoms with Gasteiger partial charge in [0.15, 0.2) is 9.84 Å². The first-order valence-electron chi connectivity index (χ1n) is 5.33. The number of halogens is 1. The van der Waals surface area contributed by atoms with Gasteiger partial charge in [0.25, 0.3) is 0 Å². The third kappa shape index (κ3) is 2.48. The number of sulfone groups is 1. The molecule has 1 aliphatic rings. The molecule has 2 nitrogen and oxygen atoms in total. The van der Waals surface area contributed by atoms with Gasteiger partial charge in [-0.05, 0) is 37.3 Å². The van der Waals surface area contributed by atoms with Crippen LogP contribution in [-0.4, -0.2) is 19.5 Å². The Hall–Kier alpha value is -0.350. The van der Waals surface area contributed by atoms with Crippen molar-refractivity contribution >= 4 is 25.8 Å². The Labute approximate surface area is 105 Å². The Bertz CT molecular complexity index is 472. The molecule has 1 fully saturated rings. The first kappa shape index (κ1) is 12.1. The van der Waals surface area contributed by atoms with Crippen LogP contribution in [0, 0.1) is 12.3 Å². The van der Waals surface area contributed by atoms with Crippen LogP contribution in [0.1, 0.15) is 18.4 Å². The summed E-state index contributed by atoms with van der Waals surface area (Å²) >= 11 is 3.41. The highest BCUT2D eigenvalue weighted by atomic mass is 79.9. The lowest BCUT2D eigenvalue weighted by atomic mass is 10.2. The van der Waals surface area contributed by atoms with Crippen LogP contribution >= 0.6 is 15.9 Å². The van der Waals surface area contributed by atoms with Gasteiger partial charge in [-0.15, -0.1) is 0 Å². The largest absolute Gasteiger partial charge is 0.224 e. The zero-order chi connectivity index (χ0) is 11.8. The van der Waals surface area contributed by atoms with Crippen molar-refractivity contribution in [2.75, 3.05) is 11.1 Å². The fourth-order valence-corrected chi connectivity index (χ4v) is 4.66. The van der Waals surface area contributed by atoms with E-state index in [1.165, 1.54) is 0 Å². The molecule has 1 saturated carbocycles. The summed E-state index contributed by atoms with van der Waals surface area (Å²) in [5, 5.41) is 0.783. The molecule has 16 heavy (non-hydrogen) atoms. The van der Waals surface area contributed by atoms with Gasteiger partial charge < -0.3 is 0 Å². The molecule has 4 heteroatoms. The van der Waals surface area contributed by atoms with E-state index in [9.17, 15) is 8.42 Å². The lowest BCUT2D eigenvalue weighted by Crippen LogP contribution is -2.18. The van der Waals surface area contributed by atoms with E-state index in [1.807, 2.05) is 19.1 Å². The molecule has 1 aromatic carbocycles. The van der Waals surface area contributed by atoms with Crippen molar-refractivity contribution in [3.05, 3.63) is 29.8 Å². The van der Waals surface area contributed by atoms with Crippen molar-refractivity contribution in [2.45, 2.75) is 24.7 Å². The highest BCUT2D eigenvalue weighted by Crippen LogP contribution is 2.48. The van der Waals surface area contributed by atoms with Crippen molar-refractivity contribution in [3.63, 3.8) is 0 Å². The standard InChI is InChI=1S/C12H15BrO2S/c1-10-2-4-11(5-3-10)16(14,15)9-12(8-13)6-7-12/h2-5H,6-9H2,1H3. The summed E-state index contributed by atoms with van der Waals surface area (Å²) in [6, 6.07) is 7.10. The summed E-state index contributed by atoms with van der Waals surface area (Å²) < 4.78 is 24.3. The molecule has 88 valence electrons. The molecule has 0 amide bonds. The average Bonchev–Trinajstić information content (AvgIpc) is 2.98. The predicted octanol–water partition coefficient (Wildman–Crippen LogP) is 2.94. The number of hydrogen-bond donors (Lipinski definition) is 0. The molecule has 0 spiro atoms. The maximum Gasteiger partial charge on any atom is 0.178 e. The smallest absolute Gasteiger partial charge is 0.178 e. The van der Waals surface area contributed by atoms with Crippen molar-refractivity contribution in [1.82, 2.24) is 0 Å². The number of hydrogen-bond acceptors (Lipinski definition) is 2. The molecular weight excluding hydrogens is 288 g/mol. The van der Waals surface area contributed by atoms with Crippen LogP contribution in [0.25, 0.3) is 0 Å². The second-order valence-corrected chi connectivity index (χ2v) is 7.26. The maximum atomic E-state index is 12.1. The Morgan fingerprint density at radius 1 is 1.25 bits per heavy atom. The Morgan fingerprint density at radius 2 is 1.81 bits per heavy atom. The second kappa shape index (κ2) is 4.15. The number of aryl methyl sites for hydroxylation is 1. The summed E-state index contributed by atoms with van der Waals surface area (Å²) in [5.74, 6) is 0.272. The highest BCUT2D eigenvalue weighted by molar-refractivity contribution is 9.09. The van der Waals surface area contributed by atoms with E-state index in [0.717, 1.165) is 23.7 Å². The minimum Gasteiger partial charge on any atom is -0.224 e. The Kier molecular flexibility index (Phi) is 3.14. The van der Waals surface area contributed by atoms with Crippen LogP contribution in [0.4, 0.5) is 0 Å². The van der Waals surface area contributed by atoms with Crippen molar-refractivity contribution < 1.29 is 8.42 Å². The molecule has 0 saturated heterocycles. The molecule has 0 aliphatic heterocycles. The minimum absolute atomic E-state index is 0.00369. The molecule has 2 rings (SSSR count). The van der Waals surface area contributed by atoms with E-state index in [0.29, 0.717) is 4.90 Å². The molecule has 1 aliphatic carbocycles. The topological polar surface area (TPSA) is 34.1 Å². The quantitative estimate of drug-likeness (QED) is 0.801. The van der Waals surface area contributed by atoms with Gasteiger partial charge in [-0.1, -0.05) is 33.6 Å². The fourth-order valence-electron chi connectivity index (χ4n) is 1.73. The molecule has 0 heterocycles. The summed E-state index contributed by atoms with van der Waals surface area (Å²) in [4.78, 5) is 0.449. The van der Waals surface area contributed by atoms with Crippen molar-refractivity contribution in [2.24, 2.45) is 5.41 Å². The van der Waals surface area contributed by atoms with Gasteiger partial charge in [0.2, 0.25) is 0 Å². The normalized spacial score (nSPS) is 18.4. The molecule has 0 aromatic heterocycles. The van der Waals surface area contributed by atoms with E-state index in [2.05, 4.69) is 15.9 Å². The van der Waals surface area contributed by atoms with Crippen LogP contribution in [0.5, 0.6) is 0 Å². The third-order valence-electron chi connectivity index (χ3n) is 3.12. The van der Waals surface area contributed by atoms with E-state index in [-0.39, 0.29) is 11.2 Å². The monoisotopic (exact) mass is 302 g/mol. The number of benzene rings is 1. The summed E-state index contributed by atoms with van der Waals surface area (Å²) in [6.45, 7) is 1.96. The predicted molar refractivity (Wildman–Crippen MR) is 68.7 cm³/mol. The van der Waals surface area contributed by atoms with Crippen molar-refractivity contribution in [1.29, 1.82) is 0 Å². The summed E-state index contributed by atoms with van der Waals surface area (Å²) in [6.07, 6.45) is 2.03. The SMILES string of the molecule is Cc1ccc(S(=O)(=O)CC2(CBr)CC2)cc1. The zero-order valence-corrected chi connectivity index (χ0v) is 11.6. The third-order valence-corrected chi connectivity index (χ3v) is 6.29. The molecule has 0 bridgehead atoms. The first-order valence-corrected chi connectivity index (χ1v) is 8.10. The van der Waals surface area contributed by atoms with Gasteiger partial charge in [-0.3, -0.25) is 0 Å². The highest BCUT2D eigenvalue weighted by Gasteiger charge is 2.45. The number of alkyl halides is 1. The lowest BCUT2D eigenvalue weighted by molar-refractivity contribution is 0.572. The van der Waals surface area contributed by atoms with Gasteiger partial charge in [-0.25, -0.2) is 8.42 Å². The van der Waals surface area contributed by atoms with E-state index in [1.54, 1.807) is 12.1 Å². The second-order valence-electron chi connectivity index (χ2n) is 4.71. The van der Waals surface area contributed by atoms with Gasteiger partial charge in [0.1, 0.15) is 0 Å². The van der Waals surface area contributed by atoms with Crippen LogP contribution in [0.3, 0.4) is 0 Å². The van der Waals surface area contributed by atoms with Crippen LogP contribution in [-0.2, 0) is 9.84 Å². The fraction of sp³-hybridized carbons (Fsp3) is 0.500. The zero-order valence-electron chi connectivity index (χ0n) is 9.24. The molecule has 0 unspecified atom stereocenters. The Morgan fingerprint density at radius 3 is 2.25 bits per heavy atom. The molecular formula is C12H15BrO2S. The van der Waals surface area contributed by atoms with Crippen LogP contribution in [0.15, 0.2) is 29.2 Å². The Balaban J connectivity index is 2.22. The van der Waals surface area contributed by atoms with Gasteiger partial charge in [0, 0.05) is 5.33 Å². The van der Waals surface area contributed by atoms with E-state index in [4.69, 9.17) is 0 Å². The van der Waals surface area contributed by atoms with Crippen LogP contribution in [0.2, 0.25) is 0 Å². The van der Waals surface area contributed by atoms with Gasteiger partial charge in [0.05, 0.1) is 10.6 Å². The first-order chi connectivity index (χ1) is 7.47.